The Morgan fingerprint density at radius 3 is 2.16 bits per heavy atom. The molecule has 0 saturated heterocycles. The zero-order chi connectivity index (χ0) is 22.1. The van der Waals surface area contributed by atoms with E-state index in [0.29, 0.717) is 17.4 Å². The predicted molar refractivity (Wildman–Crippen MR) is 124 cm³/mol. The van der Waals surface area contributed by atoms with Gasteiger partial charge in [-0.2, -0.15) is 8.78 Å². The minimum atomic E-state index is -3.19. The Morgan fingerprint density at radius 2 is 1.55 bits per heavy atom. The maximum atomic E-state index is 14.3. The van der Waals surface area contributed by atoms with Crippen molar-refractivity contribution < 1.29 is 13.5 Å². The molecule has 0 aromatic heterocycles. The molecule has 2 aromatic rings. The summed E-state index contributed by atoms with van der Waals surface area (Å²) in [5.74, 6) is 1.20. The third kappa shape index (κ3) is 7.43. The lowest BCUT2D eigenvalue weighted by molar-refractivity contribution is -0.244. The van der Waals surface area contributed by atoms with Gasteiger partial charge >= 0.3 is 6.11 Å². The molecule has 1 aliphatic rings. The summed E-state index contributed by atoms with van der Waals surface area (Å²) < 4.78 is 33.7. The smallest absolute Gasteiger partial charge is 0.315 e. The van der Waals surface area contributed by atoms with Crippen molar-refractivity contribution >= 4 is 0 Å². The second-order valence-corrected chi connectivity index (χ2v) is 8.62. The van der Waals surface area contributed by atoms with Crippen LogP contribution in [-0.2, 0) is 24.2 Å². The summed E-state index contributed by atoms with van der Waals surface area (Å²) in [5.41, 5.74) is 3.82. The average Bonchev–Trinajstić information content (AvgIpc) is 2.79. The summed E-state index contributed by atoms with van der Waals surface area (Å²) in [6.07, 6.45) is 9.18. The Bertz CT molecular complexity index is 828. The van der Waals surface area contributed by atoms with Crippen molar-refractivity contribution in [3.63, 3.8) is 0 Å². The Hall–Kier alpha value is -2.26. The molecule has 0 atom stereocenters. The van der Waals surface area contributed by atoms with Gasteiger partial charge in [0.1, 0.15) is 0 Å². The van der Waals surface area contributed by atoms with Gasteiger partial charge < -0.3 is 4.74 Å². The topological polar surface area (TPSA) is 9.23 Å². The first-order valence-electron chi connectivity index (χ1n) is 11.4. The van der Waals surface area contributed by atoms with Crippen LogP contribution in [0.2, 0.25) is 0 Å². The number of halogens is 2. The molecule has 1 nitrogen and oxygen atoms in total. The average molecular weight is 425 g/mol. The van der Waals surface area contributed by atoms with Crippen LogP contribution in [0.4, 0.5) is 8.78 Å². The first-order valence-corrected chi connectivity index (χ1v) is 11.4. The molecular weight excluding hydrogens is 390 g/mol. The molecule has 2 aromatic carbocycles. The molecule has 0 spiro atoms. The van der Waals surface area contributed by atoms with Crippen LogP contribution in [0.5, 0.6) is 0 Å². The molecule has 0 amide bonds. The highest BCUT2D eigenvalue weighted by Gasteiger charge is 2.30. The molecule has 1 fully saturated rings. The van der Waals surface area contributed by atoms with E-state index in [2.05, 4.69) is 30.9 Å². The molecule has 3 rings (SSSR count). The number of hydrogen-bond donors (Lipinski definition) is 0. The lowest BCUT2D eigenvalue weighted by Crippen LogP contribution is -2.23. The van der Waals surface area contributed by atoms with Gasteiger partial charge in [-0.25, -0.2) is 0 Å². The highest BCUT2D eigenvalue weighted by molar-refractivity contribution is 5.26. The monoisotopic (exact) mass is 424 g/mol. The van der Waals surface area contributed by atoms with E-state index in [1.165, 1.54) is 31.2 Å². The Kier molecular flexibility index (Phi) is 8.60. The highest BCUT2D eigenvalue weighted by atomic mass is 19.3. The van der Waals surface area contributed by atoms with Crippen LogP contribution in [-0.4, -0.2) is 6.11 Å². The van der Waals surface area contributed by atoms with Crippen molar-refractivity contribution in [3.05, 3.63) is 95.6 Å². The molecule has 166 valence electrons. The SMILES string of the molecule is C=CC1CCC(c2ccc(COC(F)(F)Cc3ccc(CC/C=C/C)cc3)cc2)CC1. The van der Waals surface area contributed by atoms with E-state index in [0.717, 1.165) is 24.0 Å². The maximum absolute atomic E-state index is 14.3. The van der Waals surface area contributed by atoms with Gasteiger partial charge in [-0.05, 0) is 79.5 Å². The molecule has 0 unspecified atom stereocenters. The molecule has 0 radical (unpaired) electrons. The number of benzene rings is 2. The van der Waals surface area contributed by atoms with Crippen LogP contribution < -0.4 is 0 Å². The summed E-state index contributed by atoms with van der Waals surface area (Å²) >= 11 is 0. The van der Waals surface area contributed by atoms with Gasteiger partial charge in [0, 0.05) is 0 Å². The quantitative estimate of drug-likeness (QED) is 0.351. The Morgan fingerprint density at radius 1 is 0.935 bits per heavy atom. The lowest BCUT2D eigenvalue weighted by Gasteiger charge is -2.27. The van der Waals surface area contributed by atoms with Crippen molar-refractivity contribution in [2.75, 3.05) is 0 Å². The van der Waals surface area contributed by atoms with Crippen molar-refractivity contribution in [2.45, 2.75) is 70.5 Å². The predicted octanol–water partition coefficient (Wildman–Crippen LogP) is 8.01. The van der Waals surface area contributed by atoms with E-state index in [9.17, 15) is 8.78 Å². The van der Waals surface area contributed by atoms with Crippen LogP contribution in [0.25, 0.3) is 0 Å². The van der Waals surface area contributed by atoms with E-state index in [1.54, 1.807) is 12.1 Å². The standard InChI is InChI=1S/C28H34F2O/c1-3-5-6-7-23-8-10-24(11-9-23)20-28(29,30)31-21-25-14-18-27(19-15-25)26-16-12-22(4-2)13-17-26/h3-5,8-11,14-15,18-19,22,26H,2,6-7,12-13,16-17,20-21H2,1H3/b5-3+. The molecule has 0 bridgehead atoms. The Balaban J connectivity index is 1.47. The minimum absolute atomic E-state index is 0.0854. The van der Waals surface area contributed by atoms with E-state index >= 15 is 0 Å². The number of hydrogen-bond acceptors (Lipinski definition) is 1. The fraction of sp³-hybridized carbons (Fsp3) is 0.429. The number of rotatable bonds is 10. The van der Waals surface area contributed by atoms with Gasteiger partial charge in [0.2, 0.25) is 0 Å². The fourth-order valence-corrected chi connectivity index (χ4v) is 4.29. The zero-order valence-corrected chi connectivity index (χ0v) is 18.5. The first kappa shape index (κ1) is 23.4. The maximum Gasteiger partial charge on any atom is 0.360 e. The summed E-state index contributed by atoms with van der Waals surface area (Å²) in [6.45, 7) is 5.81. The summed E-state index contributed by atoms with van der Waals surface area (Å²) in [6, 6.07) is 15.4. The van der Waals surface area contributed by atoms with Crippen LogP contribution in [0.15, 0.2) is 73.3 Å². The second kappa shape index (κ2) is 11.4. The minimum Gasteiger partial charge on any atom is -0.315 e. The molecule has 0 heterocycles. The molecule has 3 heteroatoms. The van der Waals surface area contributed by atoms with Gasteiger partial charge in [0.15, 0.2) is 0 Å². The van der Waals surface area contributed by atoms with E-state index in [1.807, 2.05) is 37.3 Å². The third-order valence-electron chi connectivity index (χ3n) is 6.27. The van der Waals surface area contributed by atoms with E-state index in [-0.39, 0.29) is 6.61 Å². The van der Waals surface area contributed by atoms with Gasteiger partial charge in [0.25, 0.3) is 0 Å². The van der Waals surface area contributed by atoms with Crippen molar-refractivity contribution in [1.82, 2.24) is 0 Å². The van der Waals surface area contributed by atoms with Gasteiger partial charge in [-0.3, -0.25) is 0 Å². The fourth-order valence-electron chi connectivity index (χ4n) is 4.29. The molecule has 1 aliphatic carbocycles. The second-order valence-electron chi connectivity index (χ2n) is 8.62. The third-order valence-corrected chi connectivity index (χ3v) is 6.27. The number of aryl methyl sites for hydroxylation is 1. The van der Waals surface area contributed by atoms with Gasteiger partial charge in [-0.1, -0.05) is 66.8 Å². The van der Waals surface area contributed by atoms with Gasteiger partial charge in [0.05, 0.1) is 13.0 Å². The lowest BCUT2D eigenvalue weighted by atomic mass is 9.79. The molecule has 0 aliphatic heterocycles. The van der Waals surface area contributed by atoms with Crippen LogP contribution in [0.3, 0.4) is 0 Å². The molecular formula is C28H34F2O. The van der Waals surface area contributed by atoms with Crippen molar-refractivity contribution in [1.29, 1.82) is 0 Å². The van der Waals surface area contributed by atoms with Crippen molar-refractivity contribution in [2.24, 2.45) is 5.92 Å². The van der Waals surface area contributed by atoms with Crippen molar-refractivity contribution in [3.8, 4) is 0 Å². The zero-order valence-electron chi connectivity index (χ0n) is 18.5. The molecule has 0 N–H and O–H groups in total. The largest absolute Gasteiger partial charge is 0.360 e. The summed E-state index contributed by atoms with van der Waals surface area (Å²) in [7, 11) is 0. The molecule has 31 heavy (non-hydrogen) atoms. The van der Waals surface area contributed by atoms with Crippen LogP contribution in [0.1, 0.15) is 67.2 Å². The number of alkyl halides is 2. The van der Waals surface area contributed by atoms with Crippen LogP contribution >= 0.6 is 0 Å². The number of ether oxygens (including phenoxy) is 1. The van der Waals surface area contributed by atoms with Crippen LogP contribution in [0, 0.1) is 5.92 Å². The van der Waals surface area contributed by atoms with E-state index in [4.69, 9.17) is 4.74 Å². The highest BCUT2D eigenvalue weighted by Crippen LogP contribution is 2.36. The van der Waals surface area contributed by atoms with Gasteiger partial charge in [-0.15, -0.1) is 6.58 Å². The summed E-state index contributed by atoms with van der Waals surface area (Å²) in [5, 5.41) is 0. The normalized spacial score (nSPS) is 19.6. The Labute approximate surface area is 185 Å². The molecule has 1 saturated carbocycles. The summed E-state index contributed by atoms with van der Waals surface area (Å²) in [4.78, 5) is 0. The van der Waals surface area contributed by atoms with E-state index < -0.39 is 12.5 Å². The first-order chi connectivity index (χ1) is 15.0. The number of allylic oxidation sites excluding steroid dienone is 3.